The Balaban J connectivity index is 2.72. The summed E-state index contributed by atoms with van der Waals surface area (Å²) < 4.78 is 1.97. The van der Waals surface area contributed by atoms with Gasteiger partial charge < -0.3 is 5.73 Å². The van der Waals surface area contributed by atoms with E-state index in [1.807, 2.05) is 18.7 Å². The summed E-state index contributed by atoms with van der Waals surface area (Å²) in [5.41, 5.74) is 8.47. The highest BCUT2D eigenvalue weighted by molar-refractivity contribution is 5.10. The SMILES string of the molecule is Cc1cc(CC(C)(C)CC(C)N)n(C)n1. The maximum absolute atomic E-state index is 5.85. The molecule has 1 heterocycles. The fourth-order valence-corrected chi connectivity index (χ4v) is 2.26. The smallest absolute Gasteiger partial charge is 0.0596 e. The summed E-state index contributed by atoms with van der Waals surface area (Å²) in [7, 11) is 2.00. The normalized spacial score (nSPS) is 14.3. The van der Waals surface area contributed by atoms with Gasteiger partial charge in [0.15, 0.2) is 0 Å². The van der Waals surface area contributed by atoms with Gasteiger partial charge in [-0.2, -0.15) is 5.10 Å². The van der Waals surface area contributed by atoms with Crippen LogP contribution in [0.15, 0.2) is 6.07 Å². The van der Waals surface area contributed by atoms with Gasteiger partial charge in [0.1, 0.15) is 0 Å². The summed E-state index contributed by atoms with van der Waals surface area (Å²) >= 11 is 0. The molecule has 1 rings (SSSR count). The Morgan fingerprint density at radius 1 is 1.53 bits per heavy atom. The van der Waals surface area contributed by atoms with Gasteiger partial charge in [0.2, 0.25) is 0 Å². The highest BCUT2D eigenvalue weighted by Gasteiger charge is 2.21. The van der Waals surface area contributed by atoms with E-state index in [9.17, 15) is 0 Å². The Morgan fingerprint density at radius 3 is 2.53 bits per heavy atom. The van der Waals surface area contributed by atoms with Gasteiger partial charge in [-0.15, -0.1) is 0 Å². The van der Waals surface area contributed by atoms with Crippen LogP contribution in [0.2, 0.25) is 0 Å². The lowest BCUT2D eigenvalue weighted by molar-refractivity contribution is 0.302. The van der Waals surface area contributed by atoms with Crippen LogP contribution in [-0.4, -0.2) is 15.8 Å². The molecule has 2 N–H and O–H groups in total. The Morgan fingerprint density at radius 2 is 2.13 bits per heavy atom. The molecule has 86 valence electrons. The van der Waals surface area contributed by atoms with Crippen LogP contribution in [-0.2, 0) is 13.5 Å². The first-order valence-electron chi connectivity index (χ1n) is 5.55. The number of hydrogen-bond acceptors (Lipinski definition) is 2. The lowest BCUT2D eigenvalue weighted by Crippen LogP contribution is -2.27. The van der Waals surface area contributed by atoms with Crippen LogP contribution in [0.25, 0.3) is 0 Å². The second-order valence-electron chi connectivity index (χ2n) is 5.42. The summed E-state index contributed by atoms with van der Waals surface area (Å²) in [4.78, 5) is 0. The average Bonchev–Trinajstić information content (AvgIpc) is 2.25. The second-order valence-corrected chi connectivity index (χ2v) is 5.42. The molecule has 3 heteroatoms. The van der Waals surface area contributed by atoms with Crippen molar-refractivity contribution in [3.63, 3.8) is 0 Å². The van der Waals surface area contributed by atoms with Crippen molar-refractivity contribution in [2.75, 3.05) is 0 Å². The third-order valence-electron chi connectivity index (χ3n) is 2.63. The molecule has 0 radical (unpaired) electrons. The molecule has 0 aliphatic heterocycles. The van der Waals surface area contributed by atoms with E-state index in [2.05, 4.69) is 31.9 Å². The first-order chi connectivity index (χ1) is 6.80. The maximum atomic E-state index is 5.85. The van der Waals surface area contributed by atoms with Crippen LogP contribution in [0.1, 0.15) is 38.6 Å². The zero-order valence-corrected chi connectivity index (χ0v) is 10.5. The molecule has 0 aliphatic carbocycles. The van der Waals surface area contributed by atoms with Crippen molar-refractivity contribution < 1.29 is 0 Å². The highest BCUT2D eigenvalue weighted by Crippen LogP contribution is 2.27. The monoisotopic (exact) mass is 209 g/mol. The molecule has 1 aromatic heterocycles. The van der Waals surface area contributed by atoms with Gasteiger partial charge in [-0.05, 0) is 38.2 Å². The minimum atomic E-state index is 0.244. The number of aromatic nitrogens is 2. The standard InChI is InChI=1S/C12H23N3/c1-9(13)7-12(3,4)8-11-6-10(2)14-15(11)5/h6,9H,7-8,13H2,1-5H3. The van der Waals surface area contributed by atoms with Gasteiger partial charge in [0, 0.05) is 18.8 Å². The topological polar surface area (TPSA) is 43.8 Å². The van der Waals surface area contributed by atoms with Gasteiger partial charge in [0.25, 0.3) is 0 Å². The Kier molecular flexibility index (Phi) is 3.55. The van der Waals surface area contributed by atoms with Gasteiger partial charge in [-0.3, -0.25) is 4.68 Å². The van der Waals surface area contributed by atoms with Gasteiger partial charge >= 0.3 is 0 Å². The molecule has 1 atom stereocenters. The molecule has 0 spiro atoms. The van der Waals surface area contributed by atoms with Crippen LogP contribution in [0.4, 0.5) is 0 Å². The molecule has 1 aromatic rings. The average molecular weight is 209 g/mol. The zero-order valence-electron chi connectivity index (χ0n) is 10.5. The minimum Gasteiger partial charge on any atom is -0.328 e. The molecule has 0 saturated heterocycles. The second kappa shape index (κ2) is 4.35. The summed E-state index contributed by atoms with van der Waals surface area (Å²) in [6.07, 6.45) is 2.07. The van der Waals surface area contributed by atoms with Crippen molar-refractivity contribution in [3.05, 3.63) is 17.5 Å². The first kappa shape index (κ1) is 12.2. The fraction of sp³-hybridized carbons (Fsp3) is 0.750. The van der Waals surface area contributed by atoms with Crippen molar-refractivity contribution >= 4 is 0 Å². The molecule has 15 heavy (non-hydrogen) atoms. The van der Waals surface area contributed by atoms with E-state index >= 15 is 0 Å². The maximum Gasteiger partial charge on any atom is 0.0596 e. The van der Waals surface area contributed by atoms with Crippen LogP contribution in [0.5, 0.6) is 0 Å². The number of hydrogen-bond donors (Lipinski definition) is 1. The fourth-order valence-electron chi connectivity index (χ4n) is 2.26. The number of nitrogens with two attached hydrogens (primary N) is 1. The van der Waals surface area contributed by atoms with Gasteiger partial charge in [-0.25, -0.2) is 0 Å². The molecule has 0 saturated carbocycles. The Hall–Kier alpha value is -0.830. The van der Waals surface area contributed by atoms with E-state index in [4.69, 9.17) is 5.73 Å². The van der Waals surface area contributed by atoms with Crippen molar-refractivity contribution in [1.82, 2.24) is 9.78 Å². The van der Waals surface area contributed by atoms with Crippen molar-refractivity contribution in [3.8, 4) is 0 Å². The van der Waals surface area contributed by atoms with E-state index < -0.39 is 0 Å². The summed E-state index contributed by atoms with van der Waals surface area (Å²) in [6, 6.07) is 2.41. The predicted octanol–water partition coefficient (Wildman–Crippen LogP) is 2.03. The molecule has 3 nitrogen and oxygen atoms in total. The van der Waals surface area contributed by atoms with Crippen LogP contribution < -0.4 is 5.73 Å². The predicted molar refractivity (Wildman–Crippen MR) is 63.7 cm³/mol. The molecule has 0 aliphatic rings. The number of rotatable bonds is 4. The number of aryl methyl sites for hydroxylation is 2. The van der Waals surface area contributed by atoms with E-state index in [0.29, 0.717) is 0 Å². The lowest BCUT2D eigenvalue weighted by Gasteiger charge is -2.26. The van der Waals surface area contributed by atoms with Crippen molar-refractivity contribution in [2.24, 2.45) is 18.2 Å². The van der Waals surface area contributed by atoms with Crippen LogP contribution in [0, 0.1) is 12.3 Å². The third kappa shape index (κ3) is 3.67. The van der Waals surface area contributed by atoms with E-state index in [1.54, 1.807) is 0 Å². The molecule has 0 bridgehead atoms. The van der Waals surface area contributed by atoms with Crippen LogP contribution >= 0.6 is 0 Å². The largest absolute Gasteiger partial charge is 0.328 e. The van der Waals surface area contributed by atoms with E-state index in [-0.39, 0.29) is 11.5 Å². The summed E-state index contributed by atoms with van der Waals surface area (Å²) in [5.74, 6) is 0. The van der Waals surface area contributed by atoms with E-state index in [0.717, 1.165) is 18.5 Å². The van der Waals surface area contributed by atoms with Gasteiger partial charge in [0.05, 0.1) is 5.69 Å². The minimum absolute atomic E-state index is 0.244. The van der Waals surface area contributed by atoms with Crippen molar-refractivity contribution in [1.29, 1.82) is 0 Å². The molecule has 0 fully saturated rings. The third-order valence-corrected chi connectivity index (χ3v) is 2.63. The lowest BCUT2D eigenvalue weighted by atomic mass is 9.82. The molecule has 1 unspecified atom stereocenters. The first-order valence-corrected chi connectivity index (χ1v) is 5.55. The van der Waals surface area contributed by atoms with Crippen LogP contribution in [0.3, 0.4) is 0 Å². The summed E-state index contributed by atoms with van der Waals surface area (Å²) in [5, 5.41) is 4.36. The molecule has 0 aromatic carbocycles. The summed E-state index contributed by atoms with van der Waals surface area (Å²) in [6.45, 7) is 8.62. The highest BCUT2D eigenvalue weighted by atomic mass is 15.3. The Labute approximate surface area is 92.7 Å². The quantitative estimate of drug-likeness (QED) is 0.824. The van der Waals surface area contributed by atoms with Gasteiger partial charge in [-0.1, -0.05) is 13.8 Å². The molecular formula is C12H23N3. The molecular weight excluding hydrogens is 186 g/mol. The Bertz CT molecular complexity index is 324. The van der Waals surface area contributed by atoms with E-state index in [1.165, 1.54) is 5.69 Å². The molecule has 0 amide bonds. The number of nitrogens with zero attached hydrogens (tertiary/aromatic N) is 2. The van der Waals surface area contributed by atoms with Crippen molar-refractivity contribution in [2.45, 2.75) is 46.6 Å². The zero-order chi connectivity index (χ0) is 11.6.